The topological polar surface area (TPSA) is 113 Å². The Kier molecular flexibility index (Phi) is 9.57. The molecule has 9 nitrogen and oxygen atoms in total. The Labute approximate surface area is 240 Å². The number of nitrogens with zero attached hydrogens (tertiary/aromatic N) is 2. The Morgan fingerprint density at radius 1 is 1.12 bits per heavy atom. The number of hydrogen-bond acceptors (Lipinski definition) is 6. The van der Waals surface area contributed by atoms with Gasteiger partial charge in [0.1, 0.15) is 5.54 Å². The first-order chi connectivity index (χ1) is 18.8. The lowest BCUT2D eigenvalue weighted by atomic mass is 9.94. The summed E-state index contributed by atoms with van der Waals surface area (Å²) in [6.45, 7) is 15.2. The van der Waals surface area contributed by atoms with Crippen molar-refractivity contribution in [2.45, 2.75) is 59.4 Å². The molecule has 0 spiro atoms. The number of methoxy groups -OCH3 is 1. The van der Waals surface area contributed by atoms with E-state index < -0.39 is 5.54 Å². The van der Waals surface area contributed by atoms with Gasteiger partial charge in [-0.1, -0.05) is 26.8 Å². The summed E-state index contributed by atoms with van der Waals surface area (Å²) in [6, 6.07) is 11.5. The van der Waals surface area contributed by atoms with Crippen molar-refractivity contribution in [2.24, 2.45) is 0 Å². The number of aromatic nitrogens is 1. The Balaban J connectivity index is 0.000000336. The number of amides is 4. The molecular weight excluding hydrogens is 526 g/mol. The van der Waals surface area contributed by atoms with E-state index in [1.54, 1.807) is 38.5 Å². The number of thiophene rings is 1. The highest BCUT2D eigenvalue weighted by Gasteiger charge is 2.36. The van der Waals surface area contributed by atoms with E-state index in [2.05, 4.69) is 47.8 Å². The van der Waals surface area contributed by atoms with Gasteiger partial charge in [-0.3, -0.25) is 14.9 Å². The third-order valence-electron chi connectivity index (χ3n) is 6.68. The van der Waals surface area contributed by atoms with E-state index in [9.17, 15) is 14.4 Å². The minimum Gasteiger partial charge on any atom is -0.481 e. The first-order valence-corrected chi connectivity index (χ1v) is 13.9. The van der Waals surface area contributed by atoms with Crippen molar-refractivity contribution in [1.82, 2.24) is 15.2 Å². The average molecular weight is 566 g/mol. The molecule has 0 atom stereocenters. The fraction of sp³-hybridized carbons (Fsp3) is 0.400. The van der Waals surface area contributed by atoms with Crippen LogP contribution in [0.5, 0.6) is 5.88 Å². The highest BCUT2D eigenvalue weighted by atomic mass is 32.1. The Morgan fingerprint density at radius 3 is 2.40 bits per heavy atom. The first kappa shape index (κ1) is 30.6. The molecule has 0 radical (unpaired) electrons. The fourth-order valence-corrected chi connectivity index (χ4v) is 5.14. The number of rotatable bonds is 5. The van der Waals surface area contributed by atoms with Crippen molar-refractivity contribution >= 4 is 40.4 Å². The highest BCUT2D eigenvalue weighted by Crippen LogP contribution is 2.35. The van der Waals surface area contributed by atoms with Crippen LogP contribution in [0.4, 0.5) is 15.5 Å². The number of urea groups is 1. The molecule has 4 amide bonds. The number of benzene rings is 1. The van der Waals surface area contributed by atoms with E-state index in [1.165, 1.54) is 9.78 Å². The quantitative estimate of drug-likeness (QED) is 0.342. The number of anilines is 2. The summed E-state index contributed by atoms with van der Waals surface area (Å²) in [5.41, 5.74) is 4.26. The molecule has 1 saturated heterocycles. The predicted octanol–water partition coefficient (Wildman–Crippen LogP) is 5.73. The van der Waals surface area contributed by atoms with E-state index in [0.717, 1.165) is 39.4 Å². The number of piperazine rings is 1. The molecule has 0 bridgehead atoms. The van der Waals surface area contributed by atoms with Crippen molar-refractivity contribution in [3.63, 3.8) is 0 Å². The van der Waals surface area contributed by atoms with E-state index >= 15 is 0 Å². The van der Waals surface area contributed by atoms with Crippen LogP contribution in [0.3, 0.4) is 0 Å². The predicted molar refractivity (Wildman–Crippen MR) is 161 cm³/mol. The van der Waals surface area contributed by atoms with Crippen molar-refractivity contribution in [3.05, 3.63) is 58.6 Å². The van der Waals surface area contributed by atoms with Crippen molar-refractivity contribution < 1.29 is 19.1 Å². The summed E-state index contributed by atoms with van der Waals surface area (Å²) in [5.74, 6) is 0.483. The van der Waals surface area contributed by atoms with Crippen LogP contribution < -0.4 is 20.7 Å². The van der Waals surface area contributed by atoms with Crippen LogP contribution in [0.15, 0.2) is 42.6 Å². The molecule has 3 N–H and O–H groups in total. The molecule has 2 aromatic heterocycles. The van der Waals surface area contributed by atoms with Crippen molar-refractivity contribution in [2.75, 3.05) is 30.8 Å². The van der Waals surface area contributed by atoms with Crippen LogP contribution in [0.25, 0.3) is 11.1 Å². The van der Waals surface area contributed by atoms with Gasteiger partial charge in [-0.25, -0.2) is 9.78 Å². The van der Waals surface area contributed by atoms with E-state index in [4.69, 9.17) is 4.74 Å². The summed E-state index contributed by atoms with van der Waals surface area (Å²) < 4.78 is 5.13. The van der Waals surface area contributed by atoms with Gasteiger partial charge in [0.05, 0.1) is 12.1 Å². The van der Waals surface area contributed by atoms with Crippen LogP contribution in [0, 0.1) is 13.8 Å². The van der Waals surface area contributed by atoms with Crippen molar-refractivity contribution in [3.8, 4) is 17.0 Å². The van der Waals surface area contributed by atoms with E-state index in [0.29, 0.717) is 19.0 Å². The molecule has 1 fully saturated rings. The Hall–Kier alpha value is -3.92. The molecular formula is C30H39N5O4S. The number of carbonyl (C=O) groups is 3. The molecule has 0 saturated carbocycles. The van der Waals surface area contributed by atoms with Gasteiger partial charge in [-0.05, 0) is 74.1 Å². The van der Waals surface area contributed by atoms with Gasteiger partial charge < -0.3 is 20.3 Å². The van der Waals surface area contributed by atoms with Gasteiger partial charge in [-0.15, -0.1) is 11.3 Å². The second-order valence-electron chi connectivity index (χ2n) is 11.2. The maximum atomic E-state index is 12.6. The number of hydrogen-bond donors (Lipinski definition) is 3. The van der Waals surface area contributed by atoms with Crippen molar-refractivity contribution in [1.29, 1.82) is 0 Å². The molecule has 0 aliphatic carbocycles. The van der Waals surface area contributed by atoms with E-state index in [-0.39, 0.29) is 17.4 Å². The lowest BCUT2D eigenvalue weighted by Gasteiger charge is -2.38. The maximum absolute atomic E-state index is 12.6. The summed E-state index contributed by atoms with van der Waals surface area (Å²) >= 11 is 1.62. The number of aryl methyl sites for hydroxylation is 2. The fourth-order valence-electron chi connectivity index (χ4n) is 4.01. The SMILES string of the molecule is CC1(C)C(=O)NCCN1C=O.COc1ccc(-c2cc(NC(=O)Nc3sc(C(C)(C)C)cc3C)ccc2C)cn1. The average Bonchev–Trinajstić information content (AvgIpc) is 3.27. The van der Waals surface area contributed by atoms with Gasteiger partial charge >= 0.3 is 6.03 Å². The number of pyridine rings is 1. The molecule has 1 aromatic carbocycles. The Morgan fingerprint density at radius 2 is 1.85 bits per heavy atom. The van der Waals surface area contributed by atoms with Gasteiger partial charge in [-0.2, -0.15) is 0 Å². The zero-order valence-electron chi connectivity index (χ0n) is 24.5. The largest absolute Gasteiger partial charge is 0.481 e. The van der Waals surface area contributed by atoms with Crippen LogP contribution in [-0.4, -0.2) is 54.0 Å². The summed E-state index contributed by atoms with van der Waals surface area (Å²) in [6.07, 6.45) is 2.49. The summed E-state index contributed by atoms with van der Waals surface area (Å²) in [5, 5.41) is 9.49. The second-order valence-corrected chi connectivity index (χ2v) is 12.2. The minimum absolute atomic E-state index is 0.0596. The number of nitrogens with one attached hydrogen (secondary N) is 3. The van der Waals surface area contributed by atoms with Gasteiger partial charge in [0.25, 0.3) is 0 Å². The minimum atomic E-state index is -0.681. The molecule has 214 valence electrons. The highest BCUT2D eigenvalue weighted by molar-refractivity contribution is 7.16. The smallest absolute Gasteiger partial charge is 0.324 e. The molecule has 40 heavy (non-hydrogen) atoms. The summed E-state index contributed by atoms with van der Waals surface area (Å²) in [4.78, 5) is 41.2. The summed E-state index contributed by atoms with van der Waals surface area (Å²) in [7, 11) is 1.59. The van der Waals surface area contributed by atoms with Crippen LogP contribution >= 0.6 is 11.3 Å². The normalized spacial score (nSPS) is 14.4. The van der Waals surface area contributed by atoms with Crippen LogP contribution in [0.2, 0.25) is 0 Å². The maximum Gasteiger partial charge on any atom is 0.324 e. The molecule has 1 aliphatic heterocycles. The zero-order chi connectivity index (χ0) is 29.7. The molecule has 0 unspecified atom stereocenters. The zero-order valence-corrected chi connectivity index (χ0v) is 25.3. The van der Waals surface area contributed by atoms with Gasteiger partial charge in [0.15, 0.2) is 0 Å². The molecule has 3 aromatic rings. The first-order valence-electron chi connectivity index (χ1n) is 13.1. The Bertz CT molecular complexity index is 1360. The van der Waals surface area contributed by atoms with Crippen LogP contribution in [0.1, 0.15) is 50.6 Å². The number of carbonyl (C=O) groups excluding carboxylic acids is 3. The van der Waals surface area contributed by atoms with Gasteiger partial charge in [0.2, 0.25) is 18.2 Å². The molecule has 10 heteroatoms. The number of ether oxygens (including phenoxy) is 1. The molecule has 4 rings (SSSR count). The lowest BCUT2D eigenvalue weighted by Crippen LogP contribution is -2.61. The van der Waals surface area contributed by atoms with Gasteiger partial charge in [0, 0.05) is 41.5 Å². The van der Waals surface area contributed by atoms with E-state index in [1.807, 2.05) is 44.2 Å². The second kappa shape index (κ2) is 12.5. The third kappa shape index (κ3) is 7.38. The lowest BCUT2D eigenvalue weighted by molar-refractivity contribution is -0.141. The monoisotopic (exact) mass is 565 g/mol. The standard InChI is InChI=1S/C23H27N3O2S.C7H12N2O2/c1-14-7-9-17(12-18(14)16-8-10-20(28-6)24-13-16)25-22(27)26-21-15(2)11-19(29-21)23(3,4)5;1-7(2)6(11)8-3-4-9(7)5-10/h7-13H,1-6H3,(H2,25,26,27);5H,3-4H2,1-2H3,(H,8,11). The molecule has 1 aliphatic rings. The molecule has 3 heterocycles. The third-order valence-corrected chi connectivity index (χ3v) is 8.25. The van der Waals surface area contributed by atoms with Crippen LogP contribution in [-0.2, 0) is 15.0 Å².